The number of hydrogen-bond donors (Lipinski definition) is 1. The molecule has 0 aromatic heterocycles. The first-order valence-electron chi connectivity index (χ1n) is 13.1. The lowest BCUT2D eigenvalue weighted by Gasteiger charge is -2.31. The van der Waals surface area contributed by atoms with Crippen LogP contribution in [0.15, 0.2) is 55.1 Å². The molecule has 1 aliphatic carbocycles. The molecule has 0 aliphatic heterocycles. The third-order valence-electron chi connectivity index (χ3n) is 7.28. The third kappa shape index (κ3) is 8.14. The summed E-state index contributed by atoms with van der Waals surface area (Å²) < 4.78 is 21.0. The molecule has 0 bridgehead atoms. The Labute approximate surface area is 235 Å². The van der Waals surface area contributed by atoms with Gasteiger partial charge in [-0.3, -0.25) is 9.59 Å². The molecule has 0 spiro atoms. The molecule has 4 nitrogen and oxygen atoms in total. The third-order valence-corrected chi connectivity index (χ3v) is 7.86. The number of Topliss-reactive ketones (excluding diaryl/α,β-unsaturated/α-hetero) is 1. The van der Waals surface area contributed by atoms with Crippen molar-refractivity contribution in [2.45, 2.75) is 77.0 Å². The maximum absolute atomic E-state index is 15.3. The van der Waals surface area contributed by atoms with Crippen LogP contribution >= 0.6 is 23.2 Å². The second-order valence-electron chi connectivity index (χ2n) is 11.5. The van der Waals surface area contributed by atoms with Crippen LogP contribution in [-0.4, -0.2) is 29.6 Å². The molecule has 1 N–H and O–H groups in total. The van der Waals surface area contributed by atoms with Gasteiger partial charge in [0.05, 0.1) is 22.2 Å². The van der Waals surface area contributed by atoms with Crippen molar-refractivity contribution >= 4 is 40.6 Å². The summed E-state index contributed by atoms with van der Waals surface area (Å²) in [6, 6.07) is 12.3. The first kappa shape index (κ1) is 30.3. The second-order valence-corrected chi connectivity index (χ2v) is 12.3. The fourth-order valence-corrected chi connectivity index (χ4v) is 4.88. The van der Waals surface area contributed by atoms with Gasteiger partial charge in [0.1, 0.15) is 12.3 Å². The second kappa shape index (κ2) is 12.3. The van der Waals surface area contributed by atoms with E-state index in [0.717, 1.165) is 18.4 Å². The van der Waals surface area contributed by atoms with Gasteiger partial charge < -0.3 is 10.1 Å². The lowest BCUT2D eigenvalue weighted by Crippen LogP contribution is -2.36. The number of carbonyl (C=O) groups is 2. The molecule has 0 saturated heterocycles. The van der Waals surface area contributed by atoms with Gasteiger partial charge in [0.15, 0.2) is 5.78 Å². The minimum absolute atomic E-state index is 0.0138. The summed E-state index contributed by atoms with van der Waals surface area (Å²) in [6.07, 6.45) is 3.69. The van der Waals surface area contributed by atoms with Gasteiger partial charge in [0, 0.05) is 17.4 Å². The monoisotopic (exact) mass is 561 g/mol. The van der Waals surface area contributed by atoms with Crippen LogP contribution in [0.25, 0.3) is 0 Å². The quantitative estimate of drug-likeness (QED) is 0.264. The highest BCUT2D eigenvalue weighted by atomic mass is 35.5. The van der Waals surface area contributed by atoms with Crippen molar-refractivity contribution in [3.05, 3.63) is 76.3 Å². The minimum atomic E-state index is -1.79. The first-order chi connectivity index (χ1) is 17.7. The summed E-state index contributed by atoms with van der Waals surface area (Å²) in [6.45, 7) is 12.6. The van der Waals surface area contributed by atoms with Crippen LogP contribution in [0, 0.1) is 11.8 Å². The highest BCUT2D eigenvalue weighted by Gasteiger charge is 2.39. The zero-order chi connectivity index (χ0) is 28.3. The molecule has 38 heavy (non-hydrogen) atoms. The van der Waals surface area contributed by atoms with Crippen LogP contribution in [0.2, 0.25) is 10.0 Å². The Hall–Kier alpha value is -2.21. The van der Waals surface area contributed by atoms with E-state index in [9.17, 15) is 9.59 Å². The predicted octanol–water partition coefficient (Wildman–Crippen LogP) is 8.53. The zero-order valence-corrected chi connectivity index (χ0v) is 24.3. The number of halogens is 3. The number of allylic oxidation sites excluding steroid dienone is 1. The number of anilines is 1. The molecule has 1 amide bonds. The van der Waals surface area contributed by atoms with E-state index in [0.29, 0.717) is 33.6 Å². The van der Waals surface area contributed by atoms with Gasteiger partial charge in [-0.05, 0) is 87.8 Å². The molecule has 206 valence electrons. The highest BCUT2D eigenvalue weighted by Crippen LogP contribution is 2.46. The van der Waals surface area contributed by atoms with Crippen LogP contribution in [0.3, 0.4) is 0 Å². The Bertz CT molecular complexity index is 1150. The molecule has 3 rings (SSSR count). The summed E-state index contributed by atoms with van der Waals surface area (Å²) in [7, 11) is 0. The Morgan fingerprint density at radius 1 is 1.11 bits per heavy atom. The summed E-state index contributed by atoms with van der Waals surface area (Å²) >= 11 is 12.6. The number of carbonyl (C=O) groups excluding carboxylic acids is 2. The van der Waals surface area contributed by atoms with Crippen molar-refractivity contribution in [2.75, 3.05) is 11.9 Å². The topological polar surface area (TPSA) is 55.4 Å². The molecule has 4 atom stereocenters. The molecule has 1 fully saturated rings. The van der Waals surface area contributed by atoms with Crippen LogP contribution in [0.1, 0.15) is 76.8 Å². The van der Waals surface area contributed by atoms with Crippen LogP contribution in [0.5, 0.6) is 0 Å². The van der Waals surface area contributed by atoms with Crippen molar-refractivity contribution in [2.24, 2.45) is 11.8 Å². The molecular weight excluding hydrogens is 524 g/mol. The maximum Gasteiger partial charge on any atom is 0.232 e. The number of ketones is 1. The molecule has 0 radical (unpaired) electrons. The lowest BCUT2D eigenvalue weighted by molar-refractivity contribution is -0.128. The summed E-state index contributed by atoms with van der Waals surface area (Å²) in [5.74, 6) is -1.47. The predicted molar refractivity (Wildman–Crippen MR) is 154 cm³/mol. The van der Waals surface area contributed by atoms with Crippen LogP contribution in [-0.2, 0) is 14.3 Å². The Kier molecular flexibility index (Phi) is 9.83. The van der Waals surface area contributed by atoms with Gasteiger partial charge in [-0.1, -0.05) is 61.0 Å². The Morgan fingerprint density at radius 3 is 2.26 bits per heavy atom. The smallest absolute Gasteiger partial charge is 0.232 e. The Balaban J connectivity index is 1.86. The highest BCUT2D eigenvalue weighted by molar-refractivity contribution is 6.33. The van der Waals surface area contributed by atoms with E-state index >= 15 is 4.39 Å². The van der Waals surface area contributed by atoms with Crippen molar-refractivity contribution in [3.8, 4) is 0 Å². The van der Waals surface area contributed by atoms with Crippen LogP contribution in [0.4, 0.5) is 10.1 Å². The summed E-state index contributed by atoms with van der Waals surface area (Å²) in [5.41, 5.74) is -0.170. The fraction of sp³-hybridized carbons (Fsp3) is 0.484. The largest absolute Gasteiger partial charge is 0.368 e. The molecule has 1 saturated carbocycles. The van der Waals surface area contributed by atoms with E-state index in [2.05, 4.69) is 11.9 Å². The first-order valence-corrected chi connectivity index (χ1v) is 13.8. The molecule has 2 aromatic carbocycles. The van der Waals surface area contributed by atoms with Gasteiger partial charge in [-0.15, -0.1) is 0 Å². The van der Waals surface area contributed by atoms with Gasteiger partial charge in [0.2, 0.25) is 5.91 Å². The molecule has 0 heterocycles. The van der Waals surface area contributed by atoms with Gasteiger partial charge in [0.25, 0.3) is 0 Å². The van der Waals surface area contributed by atoms with Gasteiger partial charge >= 0.3 is 0 Å². The van der Waals surface area contributed by atoms with Gasteiger partial charge in [-0.2, -0.15) is 0 Å². The van der Waals surface area contributed by atoms with E-state index in [1.165, 1.54) is 13.0 Å². The van der Waals surface area contributed by atoms with Crippen molar-refractivity contribution < 1.29 is 18.7 Å². The standard InChI is InChI=1S/C31H38Cl2FNO3/c1-7-31(6,34)19(2)28(21-10-13-23(32)14-11-21)29(37)35-27-16-22(12-15-26(27)33)25(20-8-9-20)17-24(36)18-38-30(3,4)5/h7,10-16,19-20,25,28H,1,8-9,17-18H2,2-6H3,(H,35,37)/t19-,25+,28+,31?/m1/s1. The van der Waals surface area contributed by atoms with E-state index < -0.39 is 17.5 Å². The number of rotatable bonds is 12. The Morgan fingerprint density at radius 2 is 1.71 bits per heavy atom. The van der Waals surface area contributed by atoms with E-state index in [1.54, 1.807) is 37.3 Å². The summed E-state index contributed by atoms with van der Waals surface area (Å²) in [5, 5.41) is 3.83. The normalized spacial score (nSPS) is 17.7. The number of alkyl halides is 1. The molecule has 1 unspecified atom stereocenters. The van der Waals surface area contributed by atoms with Crippen molar-refractivity contribution in [1.29, 1.82) is 0 Å². The van der Waals surface area contributed by atoms with E-state index in [4.69, 9.17) is 27.9 Å². The number of amides is 1. The SMILES string of the molecule is C=CC(C)(F)[C@H](C)[C@H](C(=O)Nc1cc([C@@H](CC(=O)COC(C)(C)C)C2CC2)ccc1Cl)c1ccc(Cl)cc1. The maximum atomic E-state index is 15.3. The molecule has 7 heteroatoms. The number of nitrogens with one attached hydrogen (secondary N) is 1. The number of hydrogen-bond acceptors (Lipinski definition) is 3. The average Bonchev–Trinajstić information content (AvgIpc) is 3.69. The van der Waals surface area contributed by atoms with Gasteiger partial charge in [-0.25, -0.2) is 4.39 Å². The average molecular weight is 563 g/mol. The van der Waals surface area contributed by atoms with Crippen LogP contribution < -0.4 is 5.32 Å². The number of ether oxygens (including phenoxy) is 1. The molecular formula is C31H38Cl2FNO3. The van der Waals surface area contributed by atoms with E-state index in [-0.39, 0.29) is 29.8 Å². The number of benzene rings is 2. The molecule has 2 aromatic rings. The van der Waals surface area contributed by atoms with Crippen molar-refractivity contribution in [3.63, 3.8) is 0 Å². The zero-order valence-electron chi connectivity index (χ0n) is 22.8. The lowest BCUT2D eigenvalue weighted by atomic mass is 9.77. The van der Waals surface area contributed by atoms with E-state index in [1.807, 2.05) is 32.9 Å². The fourth-order valence-electron chi connectivity index (χ4n) is 4.59. The minimum Gasteiger partial charge on any atom is -0.368 e. The summed E-state index contributed by atoms with van der Waals surface area (Å²) in [4.78, 5) is 26.4. The van der Waals surface area contributed by atoms with Crippen molar-refractivity contribution in [1.82, 2.24) is 0 Å². The molecule has 1 aliphatic rings.